The molecule has 1 heterocycles. The highest BCUT2D eigenvalue weighted by atomic mass is 35.5. The van der Waals surface area contributed by atoms with E-state index in [1.165, 1.54) is 4.88 Å². The van der Waals surface area contributed by atoms with Crippen molar-refractivity contribution in [3.8, 4) is 0 Å². The van der Waals surface area contributed by atoms with E-state index in [-0.39, 0.29) is 18.2 Å². The monoisotopic (exact) mass is 358 g/mol. The second-order valence-corrected chi connectivity index (χ2v) is 8.98. The fourth-order valence-corrected chi connectivity index (χ4v) is 4.02. The number of thiophene rings is 1. The summed E-state index contributed by atoms with van der Waals surface area (Å²) in [5, 5.41) is 6.66. The largest absolute Gasteiger partial charge is 0.444 e. The van der Waals surface area contributed by atoms with E-state index in [9.17, 15) is 4.79 Å². The highest BCUT2D eigenvalue weighted by Crippen LogP contribution is 2.28. The Hall–Kier alpha value is -0.780. The number of alkyl carbamates (subject to hydrolysis) is 1. The average molecular weight is 359 g/mol. The molecule has 1 aromatic heterocycles. The molecule has 1 amide bonds. The van der Waals surface area contributed by atoms with Crippen LogP contribution in [-0.2, 0) is 4.74 Å². The minimum Gasteiger partial charge on any atom is -0.444 e. The number of ether oxygens (including phenoxy) is 1. The first-order valence-corrected chi connectivity index (χ1v) is 9.43. The molecular weight excluding hydrogens is 332 g/mol. The van der Waals surface area contributed by atoms with Crippen LogP contribution >= 0.6 is 22.9 Å². The molecule has 1 aromatic rings. The number of carbonyl (C=O) groups is 1. The van der Waals surface area contributed by atoms with Crippen molar-refractivity contribution >= 4 is 29.0 Å². The minimum absolute atomic E-state index is 0.176. The number of halogens is 1. The maximum absolute atomic E-state index is 11.9. The fraction of sp³-hybridized carbons (Fsp3) is 0.706. The van der Waals surface area contributed by atoms with E-state index in [1.54, 1.807) is 11.3 Å². The van der Waals surface area contributed by atoms with Crippen LogP contribution in [0.15, 0.2) is 12.1 Å². The summed E-state index contributed by atoms with van der Waals surface area (Å²) in [5.41, 5.74) is -0.455. The van der Waals surface area contributed by atoms with Crippen LogP contribution in [0, 0.1) is 0 Å². The minimum atomic E-state index is -0.455. The first kappa shape index (κ1) is 18.6. The van der Waals surface area contributed by atoms with Crippen molar-refractivity contribution < 1.29 is 9.53 Å². The third-order valence-electron chi connectivity index (χ3n) is 3.90. The molecule has 0 bridgehead atoms. The Kier molecular flexibility index (Phi) is 6.34. The van der Waals surface area contributed by atoms with Crippen LogP contribution in [0.3, 0.4) is 0 Å². The summed E-state index contributed by atoms with van der Waals surface area (Å²) in [5.74, 6) is 0. The Bertz CT molecular complexity index is 527. The number of amides is 1. The molecule has 0 spiro atoms. The van der Waals surface area contributed by atoms with E-state index in [1.807, 2.05) is 26.8 Å². The molecule has 0 radical (unpaired) electrons. The third kappa shape index (κ3) is 6.32. The third-order valence-corrected chi connectivity index (χ3v) is 5.32. The highest BCUT2D eigenvalue weighted by Gasteiger charge is 2.26. The van der Waals surface area contributed by atoms with Crippen molar-refractivity contribution in [2.75, 3.05) is 0 Å². The van der Waals surface area contributed by atoms with Gasteiger partial charge in [0.1, 0.15) is 5.60 Å². The van der Waals surface area contributed by atoms with Gasteiger partial charge in [-0.25, -0.2) is 4.79 Å². The van der Waals surface area contributed by atoms with E-state index in [0.29, 0.717) is 6.04 Å². The van der Waals surface area contributed by atoms with Crippen molar-refractivity contribution in [3.05, 3.63) is 21.3 Å². The van der Waals surface area contributed by atoms with Crippen LogP contribution in [0.4, 0.5) is 4.79 Å². The topological polar surface area (TPSA) is 50.4 Å². The quantitative estimate of drug-likeness (QED) is 0.805. The van der Waals surface area contributed by atoms with Gasteiger partial charge in [-0.2, -0.15) is 0 Å². The molecule has 130 valence electrons. The number of hydrogen-bond donors (Lipinski definition) is 2. The van der Waals surface area contributed by atoms with Gasteiger partial charge in [-0.3, -0.25) is 0 Å². The molecule has 0 saturated heterocycles. The average Bonchev–Trinajstić information content (AvgIpc) is 2.83. The van der Waals surface area contributed by atoms with Crippen molar-refractivity contribution in [2.45, 2.75) is 77.1 Å². The van der Waals surface area contributed by atoms with Crippen molar-refractivity contribution in [2.24, 2.45) is 0 Å². The Morgan fingerprint density at radius 3 is 2.65 bits per heavy atom. The van der Waals surface area contributed by atoms with Gasteiger partial charge in [0.25, 0.3) is 0 Å². The highest BCUT2D eigenvalue weighted by molar-refractivity contribution is 7.16. The molecule has 3 atom stereocenters. The van der Waals surface area contributed by atoms with Crippen LogP contribution < -0.4 is 10.6 Å². The van der Waals surface area contributed by atoms with Crippen LogP contribution in [0.2, 0.25) is 4.34 Å². The number of nitrogens with one attached hydrogen (secondary N) is 2. The van der Waals surface area contributed by atoms with E-state index in [2.05, 4.69) is 23.6 Å². The Morgan fingerprint density at radius 2 is 2.04 bits per heavy atom. The standard InChI is InChI=1S/C17H27ClN2O2S/c1-11(14-8-9-15(18)23-14)19-12-6-5-7-13(10-12)20-16(21)22-17(2,3)4/h8-9,11-13,19H,5-7,10H2,1-4H3,(H,20,21). The van der Waals surface area contributed by atoms with Crippen LogP contribution in [-0.4, -0.2) is 23.8 Å². The van der Waals surface area contributed by atoms with Crippen LogP contribution in [0.25, 0.3) is 0 Å². The smallest absolute Gasteiger partial charge is 0.407 e. The van der Waals surface area contributed by atoms with Gasteiger partial charge < -0.3 is 15.4 Å². The summed E-state index contributed by atoms with van der Waals surface area (Å²) in [6, 6.07) is 4.87. The number of rotatable bonds is 4. The van der Waals surface area contributed by atoms with Crippen molar-refractivity contribution in [1.29, 1.82) is 0 Å². The van der Waals surface area contributed by atoms with Gasteiger partial charge >= 0.3 is 6.09 Å². The van der Waals surface area contributed by atoms with Gasteiger partial charge in [-0.15, -0.1) is 11.3 Å². The zero-order chi connectivity index (χ0) is 17.0. The van der Waals surface area contributed by atoms with Gasteiger partial charge in [0.15, 0.2) is 0 Å². The van der Waals surface area contributed by atoms with E-state index < -0.39 is 5.60 Å². The SMILES string of the molecule is CC(NC1CCCC(NC(=O)OC(C)(C)C)C1)c1ccc(Cl)s1. The normalized spacial score (nSPS) is 23.3. The second-order valence-electron chi connectivity index (χ2n) is 7.24. The lowest BCUT2D eigenvalue weighted by Crippen LogP contribution is -2.46. The Balaban J connectivity index is 1.82. The lowest BCUT2D eigenvalue weighted by molar-refractivity contribution is 0.0488. The van der Waals surface area contributed by atoms with Crippen molar-refractivity contribution in [1.82, 2.24) is 10.6 Å². The molecule has 1 aliphatic rings. The summed E-state index contributed by atoms with van der Waals surface area (Å²) >= 11 is 7.63. The summed E-state index contributed by atoms with van der Waals surface area (Å²) in [7, 11) is 0. The van der Waals surface area contributed by atoms with E-state index in [0.717, 1.165) is 30.0 Å². The molecule has 4 nitrogen and oxygen atoms in total. The van der Waals surface area contributed by atoms with Gasteiger partial charge in [0.05, 0.1) is 4.34 Å². The molecular formula is C17H27ClN2O2S. The Labute approximate surface area is 147 Å². The molecule has 0 aliphatic heterocycles. The first-order chi connectivity index (χ1) is 10.7. The molecule has 1 aliphatic carbocycles. The van der Waals surface area contributed by atoms with Gasteiger partial charge in [-0.05, 0) is 65.5 Å². The molecule has 23 heavy (non-hydrogen) atoms. The van der Waals surface area contributed by atoms with Crippen LogP contribution in [0.1, 0.15) is 64.3 Å². The summed E-state index contributed by atoms with van der Waals surface area (Å²) in [6.07, 6.45) is 3.87. The first-order valence-electron chi connectivity index (χ1n) is 8.24. The van der Waals surface area contributed by atoms with Crippen LogP contribution in [0.5, 0.6) is 0 Å². The summed E-state index contributed by atoms with van der Waals surface area (Å²) in [6.45, 7) is 7.80. The van der Waals surface area contributed by atoms with E-state index >= 15 is 0 Å². The number of carbonyl (C=O) groups excluding carboxylic acids is 1. The summed E-state index contributed by atoms with van der Waals surface area (Å²) < 4.78 is 6.17. The zero-order valence-corrected chi connectivity index (χ0v) is 15.9. The van der Waals surface area contributed by atoms with Gasteiger partial charge in [0, 0.05) is 23.0 Å². The molecule has 1 fully saturated rings. The van der Waals surface area contributed by atoms with Gasteiger partial charge in [0.2, 0.25) is 0 Å². The molecule has 1 saturated carbocycles. The van der Waals surface area contributed by atoms with E-state index in [4.69, 9.17) is 16.3 Å². The lowest BCUT2D eigenvalue weighted by atomic mass is 9.90. The predicted molar refractivity (Wildman–Crippen MR) is 96.3 cm³/mol. The van der Waals surface area contributed by atoms with Crippen molar-refractivity contribution in [3.63, 3.8) is 0 Å². The molecule has 6 heteroatoms. The second kappa shape index (κ2) is 7.86. The zero-order valence-electron chi connectivity index (χ0n) is 14.3. The lowest BCUT2D eigenvalue weighted by Gasteiger charge is -2.32. The maximum atomic E-state index is 11.9. The molecule has 2 rings (SSSR count). The molecule has 2 N–H and O–H groups in total. The van der Waals surface area contributed by atoms with Gasteiger partial charge in [-0.1, -0.05) is 11.6 Å². The molecule has 0 aromatic carbocycles. The molecule has 3 unspecified atom stereocenters. The Morgan fingerprint density at radius 1 is 1.35 bits per heavy atom. The predicted octanol–water partition coefficient (Wildman–Crippen LogP) is 4.89. The summed E-state index contributed by atoms with van der Waals surface area (Å²) in [4.78, 5) is 13.2. The number of hydrogen-bond acceptors (Lipinski definition) is 4. The fourth-order valence-electron chi connectivity index (χ4n) is 2.94. The maximum Gasteiger partial charge on any atom is 0.407 e.